The van der Waals surface area contributed by atoms with Gasteiger partial charge in [0.1, 0.15) is 0 Å². The molecular weight excluding hydrogens is 258 g/mol. The summed E-state index contributed by atoms with van der Waals surface area (Å²) in [5.41, 5.74) is 5.57. The Labute approximate surface area is 128 Å². The van der Waals surface area contributed by atoms with Gasteiger partial charge in [0.05, 0.1) is 6.61 Å². The summed E-state index contributed by atoms with van der Waals surface area (Å²) in [6, 6.07) is 8.58. The van der Waals surface area contributed by atoms with E-state index in [2.05, 4.69) is 55.6 Å². The maximum atomic E-state index is 8.80. The van der Waals surface area contributed by atoms with E-state index in [9.17, 15) is 0 Å². The molecule has 0 saturated heterocycles. The first-order valence-corrected chi connectivity index (χ1v) is 7.99. The zero-order valence-corrected chi connectivity index (χ0v) is 13.2. The lowest BCUT2D eigenvalue weighted by molar-refractivity contribution is 0.292. The van der Waals surface area contributed by atoms with E-state index in [1.165, 1.54) is 36.0 Å². The lowest BCUT2D eigenvalue weighted by Gasteiger charge is -2.22. The second-order valence-corrected chi connectivity index (χ2v) is 6.01. The van der Waals surface area contributed by atoms with Crippen LogP contribution in [-0.2, 0) is 6.54 Å². The van der Waals surface area contributed by atoms with Crippen molar-refractivity contribution in [3.8, 4) is 0 Å². The fourth-order valence-corrected chi connectivity index (χ4v) is 3.00. The summed E-state index contributed by atoms with van der Waals surface area (Å²) in [7, 11) is 0. The SMILES string of the molecule is CC1=C(/C=C/c2cccc(CNCCO)c2)C(C)CCC1. The van der Waals surface area contributed by atoms with Crippen LogP contribution in [0.15, 0.2) is 41.5 Å². The van der Waals surface area contributed by atoms with E-state index in [0.717, 1.165) is 6.54 Å². The van der Waals surface area contributed by atoms with Gasteiger partial charge in [0.15, 0.2) is 0 Å². The molecule has 1 atom stereocenters. The van der Waals surface area contributed by atoms with Crippen LogP contribution in [0.2, 0.25) is 0 Å². The summed E-state index contributed by atoms with van der Waals surface area (Å²) in [5.74, 6) is 0.685. The van der Waals surface area contributed by atoms with Gasteiger partial charge in [-0.25, -0.2) is 0 Å². The van der Waals surface area contributed by atoms with Crippen LogP contribution >= 0.6 is 0 Å². The average molecular weight is 285 g/mol. The highest BCUT2D eigenvalue weighted by Gasteiger charge is 2.14. The standard InChI is InChI=1S/C19H27NO/c1-15-5-3-6-16(2)19(15)10-9-17-7-4-8-18(13-17)14-20-11-12-21/h4,7-10,13,15,20-21H,3,5-6,11-12,14H2,1-2H3/b10-9+. The molecule has 2 N–H and O–H groups in total. The predicted octanol–water partition coefficient (Wildman–Crippen LogP) is 3.92. The summed E-state index contributed by atoms with van der Waals surface area (Å²) in [6.07, 6.45) is 8.42. The molecule has 1 aromatic carbocycles. The number of hydrogen-bond acceptors (Lipinski definition) is 2. The van der Waals surface area contributed by atoms with E-state index in [-0.39, 0.29) is 6.61 Å². The molecule has 0 radical (unpaired) electrons. The minimum Gasteiger partial charge on any atom is -0.395 e. The molecule has 21 heavy (non-hydrogen) atoms. The predicted molar refractivity (Wildman–Crippen MR) is 90.0 cm³/mol. The second kappa shape index (κ2) is 8.16. The van der Waals surface area contributed by atoms with E-state index < -0.39 is 0 Å². The first kappa shape index (κ1) is 16.0. The Bertz CT molecular complexity index is 516. The fraction of sp³-hybridized carbons (Fsp3) is 0.474. The van der Waals surface area contributed by atoms with Crippen LogP contribution in [0.4, 0.5) is 0 Å². The molecule has 1 aromatic rings. The smallest absolute Gasteiger partial charge is 0.0556 e. The molecule has 0 aliphatic heterocycles. The van der Waals surface area contributed by atoms with Crippen molar-refractivity contribution < 1.29 is 5.11 Å². The van der Waals surface area contributed by atoms with Gasteiger partial charge >= 0.3 is 0 Å². The van der Waals surface area contributed by atoms with Gasteiger partial charge in [-0.3, -0.25) is 0 Å². The molecule has 2 rings (SSSR count). The Morgan fingerprint density at radius 1 is 1.33 bits per heavy atom. The summed E-state index contributed by atoms with van der Waals surface area (Å²) in [6.45, 7) is 6.23. The van der Waals surface area contributed by atoms with E-state index in [4.69, 9.17) is 5.11 Å². The molecule has 2 nitrogen and oxygen atoms in total. The zero-order chi connectivity index (χ0) is 15.1. The minimum absolute atomic E-state index is 0.185. The molecule has 1 aliphatic carbocycles. The fourth-order valence-electron chi connectivity index (χ4n) is 3.00. The molecule has 0 heterocycles. The lowest BCUT2D eigenvalue weighted by Crippen LogP contribution is -2.17. The largest absolute Gasteiger partial charge is 0.395 e. The van der Waals surface area contributed by atoms with Crippen LogP contribution in [0, 0.1) is 5.92 Å². The molecule has 0 fully saturated rings. The van der Waals surface area contributed by atoms with Gasteiger partial charge in [0.2, 0.25) is 0 Å². The van der Waals surface area contributed by atoms with Gasteiger partial charge in [0, 0.05) is 13.1 Å². The normalized spacial score (nSPS) is 19.5. The van der Waals surface area contributed by atoms with Gasteiger partial charge in [-0.15, -0.1) is 0 Å². The van der Waals surface area contributed by atoms with Crippen molar-refractivity contribution in [1.82, 2.24) is 5.32 Å². The number of aliphatic hydroxyl groups excluding tert-OH is 1. The summed E-state index contributed by atoms with van der Waals surface area (Å²) in [5, 5.41) is 12.0. The molecule has 0 spiro atoms. The van der Waals surface area contributed by atoms with Gasteiger partial charge in [-0.05, 0) is 48.8 Å². The van der Waals surface area contributed by atoms with Crippen molar-refractivity contribution in [3.05, 3.63) is 52.6 Å². The molecule has 0 aromatic heterocycles. The van der Waals surface area contributed by atoms with Crippen LogP contribution in [0.5, 0.6) is 0 Å². The van der Waals surface area contributed by atoms with Crippen LogP contribution in [-0.4, -0.2) is 18.3 Å². The van der Waals surface area contributed by atoms with Gasteiger partial charge in [0.25, 0.3) is 0 Å². The topological polar surface area (TPSA) is 32.3 Å². The highest BCUT2D eigenvalue weighted by molar-refractivity contribution is 5.55. The monoisotopic (exact) mass is 285 g/mol. The quantitative estimate of drug-likeness (QED) is 0.777. The summed E-state index contributed by atoms with van der Waals surface area (Å²) >= 11 is 0. The molecule has 114 valence electrons. The number of aliphatic hydroxyl groups is 1. The minimum atomic E-state index is 0.185. The van der Waals surface area contributed by atoms with Crippen molar-refractivity contribution in [2.75, 3.05) is 13.2 Å². The summed E-state index contributed by atoms with van der Waals surface area (Å²) in [4.78, 5) is 0. The molecule has 2 heteroatoms. The molecule has 0 amide bonds. The Hall–Kier alpha value is -1.38. The van der Waals surface area contributed by atoms with Crippen molar-refractivity contribution >= 4 is 6.08 Å². The Morgan fingerprint density at radius 2 is 2.19 bits per heavy atom. The first-order chi connectivity index (χ1) is 10.2. The average Bonchev–Trinajstić information content (AvgIpc) is 2.47. The Morgan fingerprint density at radius 3 is 2.95 bits per heavy atom. The third kappa shape index (κ3) is 4.83. The van der Waals surface area contributed by atoms with Gasteiger partial charge < -0.3 is 10.4 Å². The van der Waals surface area contributed by atoms with Crippen LogP contribution < -0.4 is 5.32 Å². The number of allylic oxidation sites excluding steroid dienone is 3. The van der Waals surface area contributed by atoms with E-state index in [1.54, 1.807) is 5.57 Å². The van der Waals surface area contributed by atoms with Crippen LogP contribution in [0.25, 0.3) is 6.08 Å². The lowest BCUT2D eigenvalue weighted by atomic mass is 9.84. The highest BCUT2D eigenvalue weighted by atomic mass is 16.3. The first-order valence-electron chi connectivity index (χ1n) is 7.99. The number of rotatable bonds is 6. The molecular formula is C19H27NO. The maximum Gasteiger partial charge on any atom is 0.0556 e. The van der Waals surface area contributed by atoms with E-state index in [1.807, 2.05) is 0 Å². The Balaban J connectivity index is 2.05. The van der Waals surface area contributed by atoms with Gasteiger partial charge in [-0.1, -0.05) is 48.9 Å². The molecule has 0 bridgehead atoms. The van der Waals surface area contributed by atoms with E-state index in [0.29, 0.717) is 12.5 Å². The van der Waals surface area contributed by atoms with Crippen molar-refractivity contribution in [3.63, 3.8) is 0 Å². The van der Waals surface area contributed by atoms with Gasteiger partial charge in [-0.2, -0.15) is 0 Å². The van der Waals surface area contributed by atoms with Crippen molar-refractivity contribution in [2.24, 2.45) is 5.92 Å². The number of nitrogens with one attached hydrogen (secondary N) is 1. The highest BCUT2D eigenvalue weighted by Crippen LogP contribution is 2.30. The maximum absolute atomic E-state index is 8.80. The van der Waals surface area contributed by atoms with Crippen LogP contribution in [0.1, 0.15) is 44.2 Å². The number of hydrogen-bond donors (Lipinski definition) is 2. The molecule has 1 unspecified atom stereocenters. The van der Waals surface area contributed by atoms with Crippen LogP contribution in [0.3, 0.4) is 0 Å². The Kier molecular flexibility index (Phi) is 6.21. The second-order valence-electron chi connectivity index (χ2n) is 6.01. The third-order valence-electron chi connectivity index (χ3n) is 4.24. The van der Waals surface area contributed by atoms with Crippen molar-refractivity contribution in [2.45, 2.75) is 39.7 Å². The summed E-state index contributed by atoms with van der Waals surface area (Å²) < 4.78 is 0. The number of benzene rings is 1. The molecule has 0 saturated carbocycles. The third-order valence-corrected chi connectivity index (χ3v) is 4.24. The van der Waals surface area contributed by atoms with E-state index >= 15 is 0 Å². The van der Waals surface area contributed by atoms with Crippen molar-refractivity contribution in [1.29, 1.82) is 0 Å². The molecule has 1 aliphatic rings. The zero-order valence-electron chi connectivity index (χ0n) is 13.2.